The molecule has 1 aromatic heterocycles. The zero-order valence-electron chi connectivity index (χ0n) is 11.3. The highest BCUT2D eigenvalue weighted by Gasteiger charge is 2.11. The molecule has 0 saturated carbocycles. The van der Waals surface area contributed by atoms with Crippen molar-refractivity contribution in [3.8, 4) is 0 Å². The lowest BCUT2D eigenvalue weighted by molar-refractivity contribution is 0.301. The van der Waals surface area contributed by atoms with Gasteiger partial charge in [-0.05, 0) is 30.7 Å². The maximum absolute atomic E-state index is 9.24. The summed E-state index contributed by atoms with van der Waals surface area (Å²) in [7, 11) is 0. The Hall–Kier alpha value is -1.81. The highest BCUT2D eigenvalue weighted by Crippen LogP contribution is 2.29. The second-order valence-corrected chi connectivity index (χ2v) is 4.64. The van der Waals surface area contributed by atoms with Crippen molar-refractivity contribution in [3.63, 3.8) is 0 Å². The first-order chi connectivity index (χ1) is 9.27. The van der Waals surface area contributed by atoms with Crippen molar-refractivity contribution in [2.45, 2.75) is 19.8 Å². The van der Waals surface area contributed by atoms with E-state index < -0.39 is 0 Å². The van der Waals surface area contributed by atoms with Crippen LogP contribution >= 0.6 is 0 Å². The fraction of sp³-hybridized carbons (Fsp3) is 0.400. The number of hydrogen-bond donors (Lipinski definition) is 2. The highest BCUT2D eigenvalue weighted by atomic mass is 16.3. The minimum Gasteiger partial charge on any atom is -0.398 e. The topological polar surface area (TPSA) is 62.4 Å². The van der Waals surface area contributed by atoms with Gasteiger partial charge in [0, 0.05) is 30.4 Å². The third kappa shape index (κ3) is 2.96. The fourth-order valence-electron chi connectivity index (χ4n) is 2.26. The molecule has 4 heteroatoms. The van der Waals surface area contributed by atoms with Crippen LogP contribution < -0.4 is 10.6 Å². The lowest BCUT2D eigenvalue weighted by atomic mass is 10.1. The van der Waals surface area contributed by atoms with Crippen molar-refractivity contribution in [2.75, 3.05) is 30.3 Å². The zero-order chi connectivity index (χ0) is 13.7. The second-order valence-electron chi connectivity index (χ2n) is 4.64. The molecule has 19 heavy (non-hydrogen) atoms. The van der Waals surface area contributed by atoms with Gasteiger partial charge in [-0.3, -0.25) is 4.98 Å². The summed E-state index contributed by atoms with van der Waals surface area (Å²) in [5.74, 6) is 0. The standard InChI is InChI=1S/C15H21N3O/c1-2-3-9-18(10-11-19)14-7-6-13(16)12-5-4-8-17-15(12)14/h4-8,19H,2-3,9-11,16H2,1H3. The number of nitrogens with zero attached hydrogens (tertiary/aromatic N) is 2. The smallest absolute Gasteiger partial charge is 0.0955 e. The van der Waals surface area contributed by atoms with Crippen LogP contribution in [-0.4, -0.2) is 29.8 Å². The lowest BCUT2D eigenvalue weighted by Crippen LogP contribution is -2.28. The molecule has 0 fully saturated rings. The first-order valence-electron chi connectivity index (χ1n) is 6.77. The Labute approximate surface area is 113 Å². The molecule has 0 atom stereocenters. The first-order valence-corrected chi connectivity index (χ1v) is 6.77. The van der Waals surface area contributed by atoms with Crippen molar-refractivity contribution in [1.29, 1.82) is 0 Å². The van der Waals surface area contributed by atoms with Crippen LogP contribution in [0.2, 0.25) is 0 Å². The number of hydrogen-bond acceptors (Lipinski definition) is 4. The van der Waals surface area contributed by atoms with Crippen LogP contribution in [0.1, 0.15) is 19.8 Å². The van der Waals surface area contributed by atoms with Crippen molar-refractivity contribution in [3.05, 3.63) is 30.5 Å². The first kappa shape index (κ1) is 13.6. The van der Waals surface area contributed by atoms with E-state index in [4.69, 9.17) is 5.73 Å². The van der Waals surface area contributed by atoms with Crippen LogP contribution in [0.15, 0.2) is 30.5 Å². The van der Waals surface area contributed by atoms with Gasteiger partial charge in [0.15, 0.2) is 0 Å². The van der Waals surface area contributed by atoms with E-state index in [0.29, 0.717) is 6.54 Å². The molecule has 0 aliphatic heterocycles. The van der Waals surface area contributed by atoms with E-state index in [9.17, 15) is 5.11 Å². The van der Waals surface area contributed by atoms with Crippen LogP contribution in [0.3, 0.4) is 0 Å². The summed E-state index contributed by atoms with van der Waals surface area (Å²) in [6.45, 7) is 3.85. The highest BCUT2D eigenvalue weighted by molar-refractivity contribution is 5.98. The summed E-state index contributed by atoms with van der Waals surface area (Å²) in [6.07, 6.45) is 4.00. The summed E-state index contributed by atoms with van der Waals surface area (Å²) in [4.78, 5) is 6.63. The third-order valence-corrected chi connectivity index (χ3v) is 3.27. The number of pyridine rings is 1. The summed E-state index contributed by atoms with van der Waals surface area (Å²) in [6, 6.07) is 7.79. The van der Waals surface area contributed by atoms with Gasteiger partial charge < -0.3 is 15.7 Å². The lowest BCUT2D eigenvalue weighted by Gasteiger charge is -2.25. The number of nitrogens with two attached hydrogens (primary N) is 1. The van der Waals surface area contributed by atoms with Gasteiger partial charge in [-0.25, -0.2) is 0 Å². The number of aliphatic hydroxyl groups is 1. The molecular weight excluding hydrogens is 238 g/mol. The quantitative estimate of drug-likeness (QED) is 0.782. The number of nitrogen functional groups attached to an aromatic ring is 1. The zero-order valence-corrected chi connectivity index (χ0v) is 11.3. The number of benzene rings is 1. The van der Waals surface area contributed by atoms with Gasteiger partial charge >= 0.3 is 0 Å². The van der Waals surface area contributed by atoms with Crippen LogP contribution in [0, 0.1) is 0 Å². The molecule has 4 nitrogen and oxygen atoms in total. The van der Waals surface area contributed by atoms with Gasteiger partial charge in [0.05, 0.1) is 17.8 Å². The minimum atomic E-state index is 0.141. The molecule has 0 aliphatic rings. The van der Waals surface area contributed by atoms with E-state index >= 15 is 0 Å². The summed E-state index contributed by atoms with van der Waals surface area (Å²) >= 11 is 0. The minimum absolute atomic E-state index is 0.141. The van der Waals surface area contributed by atoms with Crippen LogP contribution in [-0.2, 0) is 0 Å². The number of rotatable bonds is 6. The fourth-order valence-corrected chi connectivity index (χ4v) is 2.26. The van der Waals surface area contributed by atoms with E-state index in [0.717, 1.165) is 41.7 Å². The Morgan fingerprint density at radius 3 is 2.84 bits per heavy atom. The molecular formula is C15H21N3O. The van der Waals surface area contributed by atoms with Gasteiger partial charge in [-0.1, -0.05) is 13.3 Å². The Balaban J connectivity index is 2.44. The average molecular weight is 259 g/mol. The largest absolute Gasteiger partial charge is 0.398 e. The maximum Gasteiger partial charge on any atom is 0.0955 e. The molecule has 2 aromatic rings. The molecule has 0 radical (unpaired) electrons. The van der Waals surface area contributed by atoms with Gasteiger partial charge in [-0.15, -0.1) is 0 Å². The van der Waals surface area contributed by atoms with Gasteiger partial charge in [0.25, 0.3) is 0 Å². The molecule has 1 heterocycles. The van der Waals surface area contributed by atoms with Crippen molar-refractivity contribution < 1.29 is 5.11 Å². The van der Waals surface area contributed by atoms with Gasteiger partial charge in [0.1, 0.15) is 0 Å². The molecule has 1 aromatic carbocycles. The van der Waals surface area contributed by atoms with Crippen molar-refractivity contribution in [1.82, 2.24) is 4.98 Å². The SMILES string of the molecule is CCCCN(CCO)c1ccc(N)c2cccnc12. The van der Waals surface area contributed by atoms with E-state index in [1.54, 1.807) is 6.20 Å². The predicted octanol–water partition coefficient (Wildman–Crippen LogP) is 2.42. The number of fused-ring (bicyclic) bond motifs is 1. The van der Waals surface area contributed by atoms with Crippen LogP contribution in [0.5, 0.6) is 0 Å². The Kier molecular flexibility index (Phi) is 4.58. The monoisotopic (exact) mass is 259 g/mol. The van der Waals surface area contributed by atoms with Crippen molar-refractivity contribution >= 4 is 22.3 Å². The summed E-state index contributed by atoms with van der Waals surface area (Å²) < 4.78 is 0. The summed E-state index contributed by atoms with van der Waals surface area (Å²) in [5.41, 5.74) is 8.69. The normalized spacial score (nSPS) is 10.8. The molecule has 0 unspecified atom stereocenters. The molecule has 0 amide bonds. The van der Waals surface area contributed by atoms with Gasteiger partial charge in [-0.2, -0.15) is 0 Å². The van der Waals surface area contributed by atoms with Crippen molar-refractivity contribution in [2.24, 2.45) is 0 Å². The number of unbranched alkanes of at least 4 members (excludes halogenated alkanes) is 1. The second kappa shape index (κ2) is 6.38. The van der Waals surface area contributed by atoms with E-state index in [1.165, 1.54) is 0 Å². The molecule has 0 saturated heterocycles. The van der Waals surface area contributed by atoms with E-state index in [1.807, 2.05) is 24.3 Å². The molecule has 0 aliphatic carbocycles. The molecule has 102 valence electrons. The van der Waals surface area contributed by atoms with E-state index in [2.05, 4.69) is 16.8 Å². The van der Waals surface area contributed by atoms with Crippen LogP contribution in [0.25, 0.3) is 10.9 Å². The molecule has 3 N–H and O–H groups in total. The van der Waals surface area contributed by atoms with E-state index in [-0.39, 0.29) is 6.61 Å². The predicted molar refractivity (Wildman–Crippen MR) is 80.4 cm³/mol. The molecule has 0 spiro atoms. The Morgan fingerprint density at radius 2 is 2.11 bits per heavy atom. The number of aliphatic hydroxyl groups excluding tert-OH is 1. The Bertz CT molecular complexity index is 542. The number of anilines is 2. The van der Waals surface area contributed by atoms with Crippen LogP contribution in [0.4, 0.5) is 11.4 Å². The molecule has 0 bridgehead atoms. The average Bonchev–Trinajstić information content (AvgIpc) is 2.45. The molecule has 2 rings (SSSR count). The number of aromatic nitrogens is 1. The third-order valence-electron chi connectivity index (χ3n) is 3.27. The maximum atomic E-state index is 9.24. The Morgan fingerprint density at radius 1 is 1.26 bits per heavy atom. The summed E-state index contributed by atoms with van der Waals surface area (Å²) in [5, 5.41) is 10.2. The van der Waals surface area contributed by atoms with Gasteiger partial charge in [0.2, 0.25) is 0 Å².